The van der Waals surface area contributed by atoms with Gasteiger partial charge >= 0.3 is 0 Å². The Hall–Kier alpha value is -3.54. The second-order valence-electron chi connectivity index (χ2n) is 9.76. The zero-order valence-corrected chi connectivity index (χ0v) is 20.6. The first-order valence-corrected chi connectivity index (χ1v) is 12.9. The average Bonchev–Trinajstić information content (AvgIpc) is 2.93. The molecule has 1 fully saturated rings. The van der Waals surface area contributed by atoms with Crippen molar-refractivity contribution in [3.8, 4) is 0 Å². The topological polar surface area (TPSA) is 71.2 Å². The Labute approximate surface area is 213 Å². The number of rotatable bonds is 8. The fraction of sp³-hybridized carbons (Fsp3) is 0.290. The molecule has 4 aromatic rings. The van der Waals surface area contributed by atoms with E-state index in [1.165, 1.54) is 16.5 Å². The molecule has 184 valence electrons. The lowest BCUT2D eigenvalue weighted by Crippen LogP contribution is -2.56. The number of aromatic nitrogens is 1. The van der Waals surface area contributed by atoms with Gasteiger partial charge in [-0.3, -0.25) is 9.78 Å². The van der Waals surface area contributed by atoms with Gasteiger partial charge in [-0.05, 0) is 54.5 Å². The van der Waals surface area contributed by atoms with Crippen molar-refractivity contribution in [2.24, 2.45) is 5.73 Å². The zero-order chi connectivity index (χ0) is 24.7. The molecule has 0 bridgehead atoms. The number of hydrogen-bond donors (Lipinski definition) is 2. The van der Waals surface area contributed by atoms with Crippen LogP contribution in [0.5, 0.6) is 0 Å². The monoisotopic (exact) mass is 478 g/mol. The molecule has 1 aromatic heterocycles. The standard InChI is InChI=1S/C31H34N4O/c32-29(20-24-11-5-2-6-12-24)31(36)35-18-16-26(21-27(35)19-23-9-3-1-4-10-23)34-22-25-15-17-33-30-14-8-7-13-28(25)30/h1-15,17,26-27,29,34H,16,18-22,32H2/t26-,27+,29-/m0/s1. The van der Waals surface area contributed by atoms with Crippen LogP contribution in [0.1, 0.15) is 29.5 Å². The van der Waals surface area contributed by atoms with E-state index in [2.05, 4.69) is 58.8 Å². The van der Waals surface area contributed by atoms with E-state index >= 15 is 0 Å². The number of nitrogens with two attached hydrogens (primary N) is 1. The van der Waals surface area contributed by atoms with Crippen molar-refractivity contribution in [3.05, 3.63) is 114 Å². The van der Waals surface area contributed by atoms with E-state index in [0.717, 1.165) is 36.9 Å². The summed E-state index contributed by atoms with van der Waals surface area (Å²) >= 11 is 0. The summed E-state index contributed by atoms with van der Waals surface area (Å²) in [5.74, 6) is 0.0540. The maximum absolute atomic E-state index is 13.5. The Morgan fingerprint density at radius 3 is 2.42 bits per heavy atom. The maximum atomic E-state index is 13.5. The largest absolute Gasteiger partial charge is 0.338 e. The first kappa shape index (κ1) is 24.2. The van der Waals surface area contributed by atoms with Crippen LogP contribution in [-0.4, -0.2) is 40.5 Å². The van der Waals surface area contributed by atoms with Crippen molar-refractivity contribution in [1.82, 2.24) is 15.2 Å². The number of amides is 1. The second kappa shape index (κ2) is 11.5. The van der Waals surface area contributed by atoms with E-state index < -0.39 is 6.04 Å². The third kappa shape index (κ3) is 5.81. The molecule has 36 heavy (non-hydrogen) atoms. The zero-order valence-electron chi connectivity index (χ0n) is 20.6. The van der Waals surface area contributed by atoms with E-state index in [9.17, 15) is 4.79 Å². The number of fused-ring (bicyclic) bond motifs is 1. The predicted molar refractivity (Wildman–Crippen MR) is 145 cm³/mol. The minimum absolute atomic E-state index is 0.0540. The molecule has 0 unspecified atom stereocenters. The molecule has 3 N–H and O–H groups in total. The molecular formula is C31H34N4O. The lowest BCUT2D eigenvalue weighted by molar-refractivity contribution is -0.136. The quantitative estimate of drug-likeness (QED) is 0.391. The summed E-state index contributed by atoms with van der Waals surface area (Å²) in [6, 6.07) is 30.8. The number of piperidine rings is 1. The molecule has 0 radical (unpaired) electrons. The minimum atomic E-state index is -0.529. The molecule has 2 heterocycles. The Bertz CT molecular complexity index is 1270. The lowest BCUT2D eigenvalue weighted by Gasteiger charge is -2.41. The molecule has 0 saturated carbocycles. The number of benzene rings is 3. The van der Waals surface area contributed by atoms with Crippen molar-refractivity contribution in [3.63, 3.8) is 0 Å². The second-order valence-corrected chi connectivity index (χ2v) is 9.76. The van der Waals surface area contributed by atoms with Gasteiger partial charge in [0.25, 0.3) is 0 Å². The summed E-state index contributed by atoms with van der Waals surface area (Å²) in [6.45, 7) is 1.50. The third-order valence-corrected chi connectivity index (χ3v) is 7.25. The number of hydrogen-bond acceptors (Lipinski definition) is 4. The summed E-state index contributed by atoms with van der Waals surface area (Å²) in [7, 11) is 0. The number of nitrogens with one attached hydrogen (secondary N) is 1. The van der Waals surface area contributed by atoms with Gasteiger partial charge in [0.1, 0.15) is 0 Å². The number of carbonyl (C=O) groups excluding carboxylic acids is 1. The minimum Gasteiger partial charge on any atom is -0.338 e. The molecule has 5 rings (SSSR count). The fourth-order valence-electron chi connectivity index (χ4n) is 5.34. The van der Waals surface area contributed by atoms with E-state index in [4.69, 9.17) is 5.73 Å². The molecule has 3 aromatic carbocycles. The summed E-state index contributed by atoms with van der Waals surface area (Å²) in [5.41, 5.74) is 11.1. The molecule has 0 aliphatic carbocycles. The molecule has 1 aliphatic heterocycles. The molecular weight excluding hydrogens is 444 g/mol. The van der Waals surface area contributed by atoms with Crippen LogP contribution in [0, 0.1) is 0 Å². The summed E-state index contributed by atoms with van der Waals surface area (Å²) < 4.78 is 0. The molecule has 5 heteroatoms. The highest BCUT2D eigenvalue weighted by Crippen LogP contribution is 2.24. The highest BCUT2D eigenvalue weighted by Gasteiger charge is 2.33. The van der Waals surface area contributed by atoms with Gasteiger partial charge in [0.2, 0.25) is 5.91 Å². The highest BCUT2D eigenvalue weighted by atomic mass is 16.2. The van der Waals surface area contributed by atoms with Gasteiger partial charge in [-0.2, -0.15) is 0 Å². The van der Waals surface area contributed by atoms with Gasteiger partial charge in [-0.15, -0.1) is 0 Å². The predicted octanol–water partition coefficient (Wildman–Crippen LogP) is 4.50. The van der Waals surface area contributed by atoms with Crippen LogP contribution in [0.3, 0.4) is 0 Å². The van der Waals surface area contributed by atoms with Gasteiger partial charge in [0, 0.05) is 36.8 Å². The summed E-state index contributed by atoms with van der Waals surface area (Å²) in [5, 5.41) is 4.97. The molecule has 1 saturated heterocycles. The van der Waals surface area contributed by atoms with Gasteiger partial charge < -0.3 is 16.0 Å². The highest BCUT2D eigenvalue weighted by molar-refractivity contribution is 5.83. The molecule has 1 amide bonds. The SMILES string of the molecule is N[C@@H](Cc1ccccc1)C(=O)N1CC[C@H](NCc2ccnc3ccccc23)C[C@H]1Cc1ccccc1. The number of nitrogens with zero attached hydrogens (tertiary/aromatic N) is 2. The Morgan fingerprint density at radius 1 is 0.944 bits per heavy atom. The maximum Gasteiger partial charge on any atom is 0.240 e. The Balaban J connectivity index is 1.28. The van der Waals surface area contributed by atoms with Crippen LogP contribution >= 0.6 is 0 Å². The number of pyridine rings is 1. The average molecular weight is 479 g/mol. The molecule has 1 aliphatic rings. The van der Waals surface area contributed by atoms with Crippen molar-refractivity contribution in [2.45, 2.75) is 50.4 Å². The van der Waals surface area contributed by atoms with Crippen molar-refractivity contribution >= 4 is 16.8 Å². The van der Waals surface area contributed by atoms with Gasteiger partial charge in [0.15, 0.2) is 0 Å². The van der Waals surface area contributed by atoms with E-state index in [1.807, 2.05) is 53.6 Å². The Morgan fingerprint density at radius 2 is 1.64 bits per heavy atom. The van der Waals surface area contributed by atoms with Crippen LogP contribution < -0.4 is 11.1 Å². The number of carbonyl (C=O) groups is 1. The van der Waals surface area contributed by atoms with Gasteiger partial charge in [-0.25, -0.2) is 0 Å². The van der Waals surface area contributed by atoms with Crippen molar-refractivity contribution in [1.29, 1.82) is 0 Å². The fourth-order valence-corrected chi connectivity index (χ4v) is 5.34. The van der Waals surface area contributed by atoms with Crippen LogP contribution in [0.2, 0.25) is 0 Å². The number of likely N-dealkylation sites (tertiary alicyclic amines) is 1. The number of para-hydroxylation sites is 1. The molecule has 3 atom stereocenters. The first-order chi connectivity index (χ1) is 17.7. The lowest BCUT2D eigenvalue weighted by atomic mass is 9.91. The van der Waals surface area contributed by atoms with Gasteiger partial charge in [0.05, 0.1) is 11.6 Å². The first-order valence-electron chi connectivity index (χ1n) is 12.9. The summed E-state index contributed by atoms with van der Waals surface area (Å²) in [6.07, 6.45) is 5.10. The molecule has 0 spiro atoms. The van der Waals surface area contributed by atoms with Crippen LogP contribution in [0.25, 0.3) is 10.9 Å². The van der Waals surface area contributed by atoms with Crippen LogP contribution in [0.4, 0.5) is 0 Å². The normalized spacial score (nSPS) is 18.8. The molecule has 5 nitrogen and oxygen atoms in total. The Kier molecular flexibility index (Phi) is 7.70. The van der Waals surface area contributed by atoms with Gasteiger partial charge in [-0.1, -0.05) is 78.9 Å². The van der Waals surface area contributed by atoms with E-state index in [1.54, 1.807) is 0 Å². The van der Waals surface area contributed by atoms with Crippen molar-refractivity contribution in [2.75, 3.05) is 6.54 Å². The van der Waals surface area contributed by atoms with Crippen LogP contribution in [0.15, 0.2) is 97.2 Å². The third-order valence-electron chi connectivity index (χ3n) is 7.25. The van der Waals surface area contributed by atoms with E-state index in [-0.39, 0.29) is 11.9 Å². The van der Waals surface area contributed by atoms with E-state index in [0.29, 0.717) is 19.0 Å². The van der Waals surface area contributed by atoms with Crippen LogP contribution in [-0.2, 0) is 24.2 Å². The smallest absolute Gasteiger partial charge is 0.240 e. The summed E-state index contributed by atoms with van der Waals surface area (Å²) in [4.78, 5) is 20.0. The van der Waals surface area contributed by atoms with Crippen molar-refractivity contribution < 1.29 is 4.79 Å².